The van der Waals surface area contributed by atoms with Gasteiger partial charge in [0, 0.05) is 25.0 Å². The number of benzene rings is 1. The maximum Gasteiger partial charge on any atom is 0.337 e. The van der Waals surface area contributed by atoms with Crippen molar-refractivity contribution in [3.8, 4) is 0 Å². The number of hydrogen-bond acceptors (Lipinski definition) is 4. The summed E-state index contributed by atoms with van der Waals surface area (Å²) in [4.78, 5) is 22.4. The number of nitrogens with one attached hydrogen (secondary N) is 2. The number of carboxylic acids is 1. The molecule has 0 aliphatic rings. The monoisotopic (exact) mass is 265 g/mol. The quantitative estimate of drug-likeness (QED) is 0.598. The molecule has 0 heterocycles. The van der Waals surface area contributed by atoms with E-state index in [1.807, 2.05) is 13.8 Å². The minimum atomic E-state index is -1.06. The molecule has 1 aromatic rings. The van der Waals surface area contributed by atoms with Gasteiger partial charge in [0.15, 0.2) is 0 Å². The summed E-state index contributed by atoms with van der Waals surface area (Å²) >= 11 is 0. The second-order valence-electron chi connectivity index (χ2n) is 4.92. The van der Waals surface area contributed by atoms with Crippen LogP contribution in [0.3, 0.4) is 0 Å². The first kappa shape index (κ1) is 14.8. The molecular weight excluding hydrogens is 246 g/mol. The molecule has 6 nitrogen and oxygen atoms in total. The summed E-state index contributed by atoms with van der Waals surface area (Å²) in [7, 11) is 1.59. The van der Waals surface area contributed by atoms with Crippen molar-refractivity contribution in [2.45, 2.75) is 13.8 Å². The fourth-order valence-electron chi connectivity index (χ4n) is 1.61. The smallest absolute Gasteiger partial charge is 0.337 e. The number of nitrogen functional groups attached to an aromatic ring is 1. The molecule has 0 atom stereocenters. The minimum absolute atomic E-state index is 0.0658. The summed E-state index contributed by atoms with van der Waals surface area (Å²) in [5.74, 6) is -1.13. The van der Waals surface area contributed by atoms with E-state index >= 15 is 0 Å². The highest BCUT2D eigenvalue weighted by Gasteiger charge is 2.26. The molecule has 1 rings (SSSR count). The normalized spacial score (nSPS) is 10.9. The van der Waals surface area contributed by atoms with Gasteiger partial charge in [0.25, 0.3) is 0 Å². The van der Waals surface area contributed by atoms with Gasteiger partial charge >= 0.3 is 5.97 Å². The summed E-state index contributed by atoms with van der Waals surface area (Å²) in [6.45, 7) is 4.04. The Morgan fingerprint density at radius 2 is 2.00 bits per heavy atom. The van der Waals surface area contributed by atoms with Gasteiger partial charge < -0.3 is 21.5 Å². The van der Waals surface area contributed by atoms with Crippen LogP contribution in [0.4, 0.5) is 11.4 Å². The van der Waals surface area contributed by atoms with E-state index in [2.05, 4.69) is 10.6 Å². The van der Waals surface area contributed by atoms with E-state index in [1.165, 1.54) is 6.07 Å². The van der Waals surface area contributed by atoms with Gasteiger partial charge in [0.2, 0.25) is 5.91 Å². The van der Waals surface area contributed by atoms with Gasteiger partial charge in [0.05, 0.1) is 11.0 Å². The third-order valence-electron chi connectivity index (χ3n) is 2.86. The van der Waals surface area contributed by atoms with Crippen LogP contribution in [0.15, 0.2) is 18.2 Å². The molecule has 0 bridgehead atoms. The first-order chi connectivity index (χ1) is 8.77. The molecule has 0 aromatic heterocycles. The second-order valence-corrected chi connectivity index (χ2v) is 4.92. The molecule has 0 radical (unpaired) electrons. The largest absolute Gasteiger partial charge is 0.478 e. The lowest BCUT2D eigenvalue weighted by atomic mass is 9.92. The van der Waals surface area contributed by atoms with E-state index in [0.717, 1.165) is 0 Å². The zero-order chi connectivity index (χ0) is 14.6. The molecular formula is C13H19N3O3. The maximum atomic E-state index is 11.6. The van der Waals surface area contributed by atoms with Crippen LogP contribution in [0, 0.1) is 5.41 Å². The van der Waals surface area contributed by atoms with Gasteiger partial charge in [-0.05, 0) is 32.0 Å². The van der Waals surface area contributed by atoms with Gasteiger partial charge in [-0.3, -0.25) is 4.79 Å². The summed E-state index contributed by atoms with van der Waals surface area (Å²) < 4.78 is 0. The van der Waals surface area contributed by atoms with Crippen molar-refractivity contribution in [2.24, 2.45) is 5.41 Å². The Bertz CT molecular complexity index is 498. The zero-order valence-electron chi connectivity index (χ0n) is 11.3. The molecule has 5 N–H and O–H groups in total. The van der Waals surface area contributed by atoms with E-state index in [-0.39, 0.29) is 17.2 Å². The standard InChI is InChI=1S/C13H19N3O3/c1-13(2,12(19)15-3)7-16-8-4-5-9(11(17)18)10(14)6-8/h4-6,16H,7,14H2,1-3H3,(H,15,19)(H,17,18). The molecule has 0 aliphatic heterocycles. The summed E-state index contributed by atoms with van der Waals surface area (Å²) in [6, 6.07) is 4.61. The van der Waals surface area contributed by atoms with Crippen LogP contribution in [0.2, 0.25) is 0 Å². The first-order valence-electron chi connectivity index (χ1n) is 5.87. The lowest BCUT2D eigenvalue weighted by Crippen LogP contribution is -2.39. The van der Waals surface area contributed by atoms with Crippen LogP contribution in [0.1, 0.15) is 24.2 Å². The van der Waals surface area contributed by atoms with Crippen molar-refractivity contribution < 1.29 is 14.7 Å². The number of hydrogen-bond donors (Lipinski definition) is 4. The average Bonchev–Trinajstić information content (AvgIpc) is 2.35. The molecule has 1 aromatic carbocycles. The number of nitrogens with two attached hydrogens (primary N) is 1. The number of anilines is 2. The number of rotatable bonds is 5. The van der Waals surface area contributed by atoms with Crippen molar-refractivity contribution in [3.05, 3.63) is 23.8 Å². The fraction of sp³-hybridized carbons (Fsp3) is 0.385. The first-order valence-corrected chi connectivity index (χ1v) is 5.87. The van der Waals surface area contributed by atoms with Crippen molar-refractivity contribution >= 4 is 23.3 Å². The SMILES string of the molecule is CNC(=O)C(C)(C)CNc1ccc(C(=O)O)c(N)c1. The Balaban J connectivity index is 2.77. The molecule has 6 heteroatoms. The van der Waals surface area contributed by atoms with Crippen LogP contribution >= 0.6 is 0 Å². The third kappa shape index (κ3) is 3.61. The lowest BCUT2D eigenvalue weighted by molar-refractivity contribution is -0.128. The summed E-state index contributed by atoms with van der Waals surface area (Å²) in [5, 5.41) is 14.5. The molecule has 0 saturated heterocycles. The molecule has 0 unspecified atom stereocenters. The summed E-state index contributed by atoms with van der Waals surface area (Å²) in [6.07, 6.45) is 0. The topological polar surface area (TPSA) is 104 Å². The van der Waals surface area contributed by atoms with E-state index in [9.17, 15) is 9.59 Å². The van der Waals surface area contributed by atoms with E-state index < -0.39 is 11.4 Å². The number of carbonyl (C=O) groups excluding carboxylic acids is 1. The van der Waals surface area contributed by atoms with Crippen molar-refractivity contribution in [2.75, 3.05) is 24.6 Å². The van der Waals surface area contributed by atoms with Gasteiger partial charge in [-0.25, -0.2) is 4.79 Å². The van der Waals surface area contributed by atoms with Crippen LogP contribution in [0.5, 0.6) is 0 Å². The van der Waals surface area contributed by atoms with E-state index in [0.29, 0.717) is 12.2 Å². The highest BCUT2D eigenvalue weighted by molar-refractivity contribution is 5.94. The van der Waals surface area contributed by atoms with Crippen molar-refractivity contribution in [1.29, 1.82) is 0 Å². The van der Waals surface area contributed by atoms with Gasteiger partial charge in [-0.1, -0.05) is 0 Å². The maximum absolute atomic E-state index is 11.6. The Morgan fingerprint density at radius 1 is 1.37 bits per heavy atom. The fourth-order valence-corrected chi connectivity index (χ4v) is 1.61. The predicted molar refractivity (Wildman–Crippen MR) is 74.2 cm³/mol. The Kier molecular flexibility index (Phi) is 4.37. The molecule has 0 spiro atoms. The van der Waals surface area contributed by atoms with E-state index in [1.54, 1.807) is 19.2 Å². The molecule has 0 saturated carbocycles. The van der Waals surface area contributed by atoms with Gasteiger partial charge in [-0.15, -0.1) is 0 Å². The molecule has 0 aliphatic carbocycles. The molecule has 19 heavy (non-hydrogen) atoms. The number of carboxylic acid groups (broad SMARTS) is 1. The van der Waals surface area contributed by atoms with Crippen molar-refractivity contribution in [1.82, 2.24) is 5.32 Å². The zero-order valence-corrected chi connectivity index (χ0v) is 11.3. The van der Waals surface area contributed by atoms with Gasteiger partial charge in [-0.2, -0.15) is 0 Å². The molecule has 0 fully saturated rings. The number of amides is 1. The highest BCUT2D eigenvalue weighted by Crippen LogP contribution is 2.21. The highest BCUT2D eigenvalue weighted by atomic mass is 16.4. The number of carbonyl (C=O) groups is 2. The third-order valence-corrected chi connectivity index (χ3v) is 2.86. The van der Waals surface area contributed by atoms with Crippen LogP contribution in [-0.2, 0) is 4.79 Å². The lowest BCUT2D eigenvalue weighted by Gasteiger charge is -2.23. The van der Waals surface area contributed by atoms with Crippen molar-refractivity contribution in [3.63, 3.8) is 0 Å². The van der Waals surface area contributed by atoms with Crippen LogP contribution in [0.25, 0.3) is 0 Å². The number of aromatic carboxylic acids is 1. The van der Waals surface area contributed by atoms with Gasteiger partial charge in [0.1, 0.15) is 0 Å². The van der Waals surface area contributed by atoms with Crippen LogP contribution < -0.4 is 16.4 Å². The minimum Gasteiger partial charge on any atom is -0.478 e. The Hall–Kier alpha value is -2.24. The molecule has 104 valence electrons. The Morgan fingerprint density at radius 3 is 2.47 bits per heavy atom. The van der Waals surface area contributed by atoms with Crippen LogP contribution in [-0.4, -0.2) is 30.6 Å². The average molecular weight is 265 g/mol. The van der Waals surface area contributed by atoms with E-state index in [4.69, 9.17) is 10.8 Å². The predicted octanol–water partition coefficient (Wildman–Crippen LogP) is 1.15. The summed E-state index contributed by atoms with van der Waals surface area (Å²) in [5.41, 5.74) is 6.01. The Labute approximate surface area is 112 Å². The molecule has 1 amide bonds. The second kappa shape index (κ2) is 5.60.